The summed E-state index contributed by atoms with van der Waals surface area (Å²) < 4.78 is 6.02. The molecule has 0 radical (unpaired) electrons. The Morgan fingerprint density at radius 1 is 1.39 bits per heavy atom. The molecule has 0 saturated heterocycles. The molecule has 1 atom stereocenters. The number of carbonyl (C=O) groups excluding carboxylic acids is 1. The molecule has 0 aliphatic heterocycles. The molecule has 1 aromatic carbocycles. The third-order valence-electron chi connectivity index (χ3n) is 3.17. The summed E-state index contributed by atoms with van der Waals surface area (Å²) in [6, 6.07) is 8.18. The van der Waals surface area contributed by atoms with Crippen molar-refractivity contribution in [2.45, 2.75) is 19.4 Å². The highest BCUT2D eigenvalue weighted by molar-refractivity contribution is 5.69. The van der Waals surface area contributed by atoms with Crippen LogP contribution in [0.4, 0.5) is 4.79 Å². The summed E-state index contributed by atoms with van der Waals surface area (Å²) in [5.41, 5.74) is 1.18. The van der Waals surface area contributed by atoms with E-state index in [0.717, 1.165) is 10.9 Å². The largest absolute Gasteiger partial charge is 0.412 e. The van der Waals surface area contributed by atoms with E-state index in [4.69, 9.17) is 4.74 Å². The molecule has 0 aromatic heterocycles. The zero-order valence-electron chi connectivity index (χ0n) is 11.9. The van der Waals surface area contributed by atoms with E-state index in [-0.39, 0.29) is 0 Å². The van der Waals surface area contributed by atoms with Crippen LogP contribution in [0.3, 0.4) is 0 Å². The molecule has 0 aliphatic rings. The van der Waals surface area contributed by atoms with Crippen molar-refractivity contribution in [3.8, 4) is 5.75 Å². The van der Waals surface area contributed by atoms with Crippen molar-refractivity contribution in [2.24, 2.45) is 0 Å². The number of hydrogen-bond acceptors (Lipinski definition) is 2. The molecule has 0 bridgehead atoms. The van der Waals surface area contributed by atoms with Gasteiger partial charge in [-0.15, -0.1) is 0 Å². The van der Waals surface area contributed by atoms with Crippen LogP contribution in [-0.2, 0) is 6.42 Å². The van der Waals surface area contributed by atoms with Crippen LogP contribution in [0.2, 0.25) is 0 Å². The normalized spacial score (nSPS) is 12.9. The van der Waals surface area contributed by atoms with Gasteiger partial charge in [0, 0.05) is 13.5 Å². The number of nitrogens with zero attached hydrogens (tertiary/aromatic N) is 1. The van der Waals surface area contributed by atoms with Crippen LogP contribution in [0, 0.1) is 0 Å². The van der Waals surface area contributed by atoms with Gasteiger partial charge in [-0.05, 0) is 24.6 Å². The van der Waals surface area contributed by atoms with Crippen LogP contribution in [0.1, 0.15) is 12.5 Å². The van der Waals surface area contributed by atoms with Gasteiger partial charge in [0.1, 0.15) is 5.75 Å². The molecule has 0 aliphatic carbocycles. The molecule has 100 valence electrons. The van der Waals surface area contributed by atoms with Gasteiger partial charge in [0.25, 0.3) is 0 Å². The number of benzene rings is 1. The summed E-state index contributed by atoms with van der Waals surface area (Å²) in [6.45, 7) is 2.21. The van der Waals surface area contributed by atoms with E-state index >= 15 is 0 Å². The van der Waals surface area contributed by atoms with Gasteiger partial charge in [-0.25, -0.2) is 4.79 Å². The Bertz CT molecular complexity index is 411. The van der Waals surface area contributed by atoms with Gasteiger partial charge in [-0.3, -0.25) is 0 Å². The van der Waals surface area contributed by atoms with Gasteiger partial charge in [-0.1, -0.05) is 12.1 Å². The van der Waals surface area contributed by atoms with Crippen molar-refractivity contribution >= 4 is 6.09 Å². The van der Waals surface area contributed by atoms with Crippen LogP contribution >= 0.6 is 0 Å². The highest BCUT2D eigenvalue weighted by atomic mass is 16.5. The molecule has 18 heavy (non-hydrogen) atoms. The number of hydrogen-bond donors (Lipinski definition) is 1. The lowest BCUT2D eigenvalue weighted by molar-refractivity contribution is -0.893. The van der Waals surface area contributed by atoms with Crippen molar-refractivity contribution in [3.63, 3.8) is 0 Å². The summed E-state index contributed by atoms with van der Waals surface area (Å²) in [5.74, 6) is 0.584. The molecule has 4 nitrogen and oxygen atoms in total. The zero-order valence-corrected chi connectivity index (χ0v) is 11.9. The fourth-order valence-electron chi connectivity index (χ4n) is 1.51. The van der Waals surface area contributed by atoms with Crippen LogP contribution in [-0.4, -0.2) is 44.8 Å². The summed E-state index contributed by atoms with van der Waals surface area (Å²) in [5, 5.41) is 2.43. The fraction of sp³-hybridized carbons (Fsp3) is 0.500. The molecule has 1 aromatic rings. The number of quaternary nitrogens is 1. The Hall–Kier alpha value is -1.55. The first-order chi connectivity index (χ1) is 8.32. The second-order valence-electron chi connectivity index (χ2n) is 5.46. The van der Waals surface area contributed by atoms with E-state index in [9.17, 15) is 4.79 Å². The predicted molar refractivity (Wildman–Crippen MR) is 72.7 cm³/mol. The summed E-state index contributed by atoms with van der Waals surface area (Å²) in [6.07, 6.45) is 0.515. The minimum absolute atomic E-state index is 0.438. The Labute approximate surface area is 109 Å². The first kappa shape index (κ1) is 14.5. The van der Waals surface area contributed by atoms with Gasteiger partial charge < -0.3 is 14.5 Å². The van der Waals surface area contributed by atoms with Gasteiger partial charge >= 0.3 is 6.09 Å². The highest BCUT2D eigenvalue weighted by Gasteiger charge is 2.18. The lowest BCUT2D eigenvalue weighted by atomic mass is 10.1. The lowest BCUT2D eigenvalue weighted by Gasteiger charge is -2.31. The van der Waals surface area contributed by atoms with E-state index in [0.29, 0.717) is 11.8 Å². The van der Waals surface area contributed by atoms with Gasteiger partial charge in [0.2, 0.25) is 0 Å². The minimum atomic E-state index is -0.438. The Balaban J connectivity index is 2.73. The van der Waals surface area contributed by atoms with Crippen molar-refractivity contribution in [2.75, 3.05) is 28.2 Å². The monoisotopic (exact) mass is 251 g/mol. The SMILES string of the molecule is CNC(=O)Oc1cccc(CC(C)[N+](C)(C)C)c1. The number of rotatable bonds is 4. The third-order valence-corrected chi connectivity index (χ3v) is 3.17. The van der Waals surface area contributed by atoms with Crippen LogP contribution < -0.4 is 10.1 Å². The van der Waals surface area contributed by atoms with Gasteiger partial charge in [0.15, 0.2) is 0 Å². The maximum Gasteiger partial charge on any atom is 0.412 e. The molecule has 0 fully saturated rings. The summed E-state index contributed by atoms with van der Waals surface area (Å²) in [4.78, 5) is 11.1. The predicted octanol–water partition coefficient (Wildman–Crippen LogP) is 2.04. The average Bonchev–Trinajstić information content (AvgIpc) is 2.28. The molecule has 1 amide bonds. The number of amides is 1. The van der Waals surface area contributed by atoms with Gasteiger partial charge in [-0.2, -0.15) is 0 Å². The van der Waals surface area contributed by atoms with E-state index < -0.39 is 6.09 Å². The second-order valence-corrected chi connectivity index (χ2v) is 5.46. The molecule has 0 heterocycles. The van der Waals surface area contributed by atoms with Crippen molar-refractivity contribution < 1.29 is 14.0 Å². The minimum Gasteiger partial charge on any atom is -0.410 e. The van der Waals surface area contributed by atoms with Crippen LogP contribution in [0.15, 0.2) is 24.3 Å². The molecule has 0 spiro atoms. The van der Waals surface area contributed by atoms with Crippen molar-refractivity contribution in [3.05, 3.63) is 29.8 Å². The van der Waals surface area contributed by atoms with E-state index in [2.05, 4.69) is 39.4 Å². The average molecular weight is 251 g/mol. The summed E-state index contributed by atoms with van der Waals surface area (Å²) in [7, 11) is 8.08. The maximum absolute atomic E-state index is 11.1. The van der Waals surface area contributed by atoms with E-state index in [1.165, 1.54) is 5.56 Å². The number of nitrogens with one attached hydrogen (secondary N) is 1. The molecule has 4 heteroatoms. The van der Waals surface area contributed by atoms with E-state index in [1.807, 2.05) is 12.1 Å². The molecular weight excluding hydrogens is 228 g/mol. The smallest absolute Gasteiger partial charge is 0.410 e. The second kappa shape index (κ2) is 5.87. The van der Waals surface area contributed by atoms with Crippen LogP contribution in [0.25, 0.3) is 0 Å². The van der Waals surface area contributed by atoms with Crippen molar-refractivity contribution in [1.29, 1.82) is 0 Å². The van der Waals surface area contributed by atoms with Crippen molar-refractivity contribution in [1.82, 2.24) is 5.32 Å². The quantitative estimate of drug-likeness (QED) is 0.832. The zero-order chi connectivity index (χ0) is 13.8. The topological polar surface area (TPSA) is 38.3 Å². The first-order valence-electron chi connectivity index (χ1n) is 6.12. The molecule has 1 unspecified atom stereocenters. The standard InChI is InChI=1S/C14H22N2O2/c1-11(16(3,4)5)9-12-7-6-8-13(10-12)18-14(17)15-2/h6-8,10-11H,9H2,1-5H3/p+1. The molecule has 1 rings (SSSR count). The Kier molecular flexibility index (Phi) is 4.73. The molecule has 0 saturated carbocycles. The fourth-order valence-corrected chi connectivity index (χ4v) is 1.51. The third kappa shape index (κ3) is 4.37. The molecular formula is C14H23N2O2+. The molecule has 1 N–H and O–H groups in total. The van der Waals surface area contributed by atoms with Crippen LogP contribution in [0.5, 0.6) is 5.75 Å². The summed E-state index contributed by atoms with van der Waals surface area (Å²) >= 11 is 0. The Morgan fingerprint density at radius 3 is 2.61 bits per heavy atom. The maximum atomic E-state index is 11.1. The van der Waals surface area contributed by atoms with Gasteiger partial charge in [0.05, 0.1) is 27.2 Å². The highest BCUT2D eigenvalue weighted by Crippen LogP contribution is 2.17. The number of carbonyl (C=O) groups is 1. The Morgan fingerprint density at radius 2 is 2.06 bits per heavy atom. The first-order valence-corrected chi connectivity index (χ1v) is 6.12. The number of ether oxygens (including phenoxy) is 1. The lowest BCUT2D eigenvalue weighted by Crippen LogP contribution is -2.44. The van der Waals surface area contributed by atoms with E-state index in [1.54, 1.807) is 13.1 Å². The number of likely N-dealkylation sites (N-methyl/N-ethyl adjacent to an activating group) is 1.